The standard InChI is InChI=1S/C22H18ClF2N3O3/c23-15-3-1-2-14(10-15)21-22(27-7-6-26-21)19-12-28(8-9-30-19)20(29)13-31-18-5-4-16(24)11-17(18)25/h1-7,10-11,19H,8-9,12-13H2/t19-/m1/s1. The Balaban J connectivity index is 1.47. The predicted octanol–water partition coefficient (Wildman–Crippen LogP) is 4.05. The Morgan fingerprint density at radius 3 is 2.84 bits per heavy atom. The molecule has 2 heterocycles. The highest BCUT2D eigenvalue weighted by Gasteiger charge is 2.29. The van der Waals surface area contributed by atoms with E-state index in [0.717, 1.165) is 17.7 Å². The average Bonchev–Trinajstić information content (AvgIpc) is 2.78. The Hall–Kier alpha value is -3.10. The Morgan fingerprint density at radius 1 is 1.19 bits per heavy atom. The zero-order chi connectivity index (χ0) is 21.8. The largest absolute Gasteiger partial charge is 0.481 e. The number of amides is 1. The lowest BCUT2D eigenvalue weighted by Crippen LogP contribution is -2.44. The molecule has 4 rings (SSSR count). The van der Waals surface area contributed by atoms with Crippen LogP contribution in [0.25, 0.3) is 11.3 Å². The second kappa shape index (κ2) is 9.36. The Bertz CT molecular complexity index is 1100. The first-order valence-corrected chi connectivity index (χ1v) is 9.93. The Kier molecular flexibility index (Phi) is 6.39. The van der Waals surface area contributed by atoms with E-state index in [-0.39, 0.29) is 24.8 Å². The zero-order valence-corrected chi connectivity index (χ0v) is 17.1. The van der Waals surface area contributed by atoms with Crippen molar-refractivity contribution in [3.05, 3.63) is 77.2 Å². The van der Waals surface area contributed by atoms with E-state index in [0.29, 0.717) is 35.6 Å². The third kappa shape index (κ3) is 4.98. The minimum Gasteiger partial charge on any atom is -0.481 e. The minimum absolute atomic E-state index is 0.184. The van der Waals surface area contributed by atoms with Crippen LogP contribution in [-0.4, -0.2) is 47.1 Å². The average molecular weight is 446 g/mol. The van der Waals surface area contributed by atoms with Gasteiger partial charge in [-0.1, -0.05) is 23.7 Å². The fourth-order valence-corrected chi connectivity index (χ4v) is 3.50. The van der Waals surface area contributed by atoms with Gasteiger partial charge in [0.2, 0.25) is 0 Å². The first kappa shape index (κ1) is 21.1. The summed E-state index contributed by atoms with van der Waals surface area (Å²) in [6.07, 6.45) is 2.65. The molecule has 1 saturated heterocycles. The molecule has 0 N–H and O–H groups in total. The van der Waals surface area contributed by atoms with E-state index in [4.69, 9.17) is 21.1 Å². The second-order valence-electron chi connectivity index (χ2n) is 6.86. The molecule has 6 nitrogen and oxygen atoms in total. The second-order valence-corrected chi connectivity index (χ2v) is 7.30. The van der Waals surface area contributed by atoms with E-state index in [1.165, 1.54) is 0 Å². The number of morpholine rings is 1. The molecule has 1 aliphatic heterocycles. The maximum atomic E-state index is 13.7. The SMILES string of the molecule is O=C(COc1ccc(F)cc1F)N1CCO[C@@H](c2nccnc2-c2cccc(Cl)c2)C1. The van der Waals surface area contributed by atoms with Gasteiger partial charge in [0.05, 0.1) is 24.5 Å². The Morgan fingerprint density at radius 2 is 2.03 bits per heavy atom. The lowest BCUT2D eigenvalue weighted by Gasteiger charge is -2.33. The molecule has 1 aromatic heterocycles. The van der Waals surface area contributed by atoms with Gasteiger partial charge in [-0.05, 0) is 24.3 Å². The summed E-state index contributed by atoms with van der Waals surface area (Å²) in [5.74, 6) is -2.10. The Labute approximate surface area is 182 Å². The van der Waals surface area contributed by atoms with Crippen molar-refractivity contribution in [3.63, 3.8) is 0 Å². The van der Waals surface area contributed by atoms with Crippen LogP contribution in [0.1, 0.15) is 11.8 Å². The van der Waals surface area contributed by atoms with Crippen molar-refractivity contribution in [2.45, 2.75) is 6.10 Å². The van der Waals surface area contributed by atoms with Crippen molar-refractivity contribution in [1.82, 2.24) is 14.9 Å². The monoisotopic (exact) mass is 445 g/mol. The molecule has 3 aromatic rings. The lowest BCUT2D eigenvalue weighted by molar-refractivity contribution is -0.141. The molecule has 0 unspecified atom stereocenters. The van der Waals surface area contributed by atoms with Crippen LogP contribution in [0.2, 0.25) is 5.02 Å². The van der Waals surface area contributed by atoms with E-state index in [1.807, 2.05) is 12.1 Å². The third-order valence-corrected chi connectivity index (χ3v) is 5.03. The van der Waals surface area contributed by atoms with Crippen LogP contribution in [0, 0.1) is 11.6 Å². The number of halogens is 3. The van der Waals surface area contributed by atoms with Gasteiger partial charge in [0.25, 0.3) is 5.91 Å². The quantitative estimate of drug-likeness (QED) is 0.592. The van der Waals surface area contributed by atoms with Gasteiger partial charge >= 0.3 is 0 Å². The van der Waals surface area contributed by atoms with E-state index in [9.17, 15) is 13.6 Å². The van der Waals surface area contributed by atoms with E-state index >= 15 is 0 Å². The molecule has 9 heteroatoms. The van der Waals surface area contributed by atoms with Crippen LogP contribution >= 0.6 is 11.6 Å². The molecular formula is C22H18ClF2N3O3. The number of hydrogen-bond acceptors (Lipinski definition) is 5. The maximum absolute atomic E-state index is 13.7. The van der Waals surface area contributed by atoms with Crippen molar-refractivity contribution in [2.24, 2.45) is 0 Å². The van der Waals surface area contributed by atoms with Gasteiger partial charge in [-0.2, -0.15) is 0 Å². The molecule has 1 fully saturated rings. The smallest absolute Gasteiger partial charge is 0.260 e. The van der Waals surface area contributed by atoms with Crippen molar-refractivity contribution in [2.75, 3.05) is 26.3 Å². The highest BCUT2D eigenvalue weighted by atomic mass is 35.5. The van der Waals surface area contributed by atoms with Crippen LogP contribution in [-0.2, 0) is 9.53 Å². The number of benzene rings is 2. The fraction of sp³-hybridized carbons (Fsp3) is 0.227. The first-order valence-electron chi connectivity index (χ1n) is 9.55. The summed E-state index contributed by atoms with van der Waals surface area (Å²) in [5, 5.41) is 0.570. The molecule has 1 aliphatic rings. The highest BCUT2D eigenvalue weighted by Crippen LogP contribution is 2.30. The molecule has 2 aromatic carbocycles. The van der Waals surface area contributed by atoms with Crippen LogP contribution in [0.15, 0.2) is 54.9 Å². The molecule has 0 radical (unpaired) electrons. The number of carbonyl (C=O) groups is 1. The molecule has 0 spiro atoms. The molecule has 0 bridgehead atoms. The van der Waals surface area contributed by atoms with E-state index < -0.39 is 17.7 Å². The predicted molar refractivity (Wildman–Crippen MR) is 110 cm³/mol. The molecule has 0 saturated carbocycles. The summed E-state index contributed by atoms with van der Waals surface area (Å²) in [4.78, 5) is 23.0. The van der Waals surface area contributed by atoms with Crippen molar-refractivity contribution in [3.8, 4) is 17.0 Å². The molecule has 1 amide bonds. The van der Waals surface area contributed by atoms with Gasteiger partial charge in [-0.3, -0.25) is 14.8 Å². The fourth-order valence-electron chi connectivity index (χ4n) is 3.31. The highest BCUT2D eigenvalue weighted by molar-refractivity contribution is 6.30. The normalized spacial score (nSPS) is 16.2. The van der Waals surface area contributed by atoms with Crippen LogP contribution in [0.3, 0.4) is 0 Å². The summed E-state index contributed by atoms with van der Waals surface area (Å²) in [6.45, 7) is 0.515. The van der Waals surface area contributed by atoms with E-state index in [1.54, 1.807) is 29.4 Å². The molecule has 160 valence electrons. The maximum Gasteiger partial charge on any atom is 0.260 e. The first-order chi connectivity index (χ1) is 15.0. The topological polar surface area (TPSA) is 64.5 Å². The van der Waals surface area contributed by atoms with Crippen LogP contribution < -0.4 is 4.74 Å². The van der Waals surface area contributed by atoms with Crippen LogP contribution in [0.5, 0.6) is 5.75 Å². The summed E-state index contributed by atoms with van der Waals surface area (Å²) >= 11 is 6.11. The molecular weight excluding hydrogens is 428 g/mol. The number of carbonyl (C=O) groups excluding carboxylic acids is 1. The van der Waals surface area contributed by atoms with Gasteiger partial charge < -0.3 is 14.4 Å². The number of aromatic nitrogens is 2. The zero-order valence-electron chi connectivity index (χ0n) is 16.3. The van der Waals surface area contributed by atoms with Crippen LogP contribution in [0.4, 0.5) is 8.78 Å². The van der Waals surface area contributed by atoms with Gasteiger partial charge in [-0.15, -0.1) is 0 Å². The van der Waals surface area contributed by atoms with Gasteiger partial charge in [0.15, 0.2) is 18.2 Å². The molecule has 0 aliphatic carbocycles. The van der Waals surface area contributed by atoms with Crippen molar-refractivity contribution < 1.29 is 23.0 Å². The van der Waals surface area contributed by atoms with E-state index in [2.05, 4.69) is 9.97 Å². The van der Waals surface area contributed by atoms with Crippen molar-refractivity contribution in [1.29, 1.82) is 0 Å². The molecule has 1 atom stereocenters. The van der Waals surface area contributed by atoms with Gasteiger partial charge in [-0.25, -0.2) is 8.78 Å². The number of ether oxygens (including phenoxy) is 2. The van der Waals surface area contributed by atoms with Gasteiger partial charge in [0.1, 0.15) is 11.9 Å². The minimum atomic E-state index is -0.863. The number of rotatable bonds is 5. The lowest BCUT2D eigenvalue weighted by atomic mass is 10.1. The summed E-state index contributed by atoms with van der Waals surface area (Å²) < 4.78 is 37.8. The number of nitrogens with zero attached hydrogens (tertiary/aromatic N) is 3. The number of hydrogen-bond donors (Lipinski definition) is 0. The summed E-state index contributed by atoms with van der Waals surface area (Å²) in [5.41, 5.74) is 2.00. The third-order valence-electron chi connectivity index (χ3n) is 4.79. The van der Waals surface area contributed by atoms with Crippen molar-refractivity contribution >= 4 is 17.5 Å². The van der Waals surface area contributed by atoms with Gasteiger partial charge in [0, 0.05) is 35.6 Å². The summed E-state index contributed by atoms with van der Waals surface area (Å²) in [7, 11) is 0. The summed E-state index contributed by atoms with van der Waals surface area (Å²) in [6, 6.07) is 10.2. The molecule has 31 heavy (non-hydrogen) atoms.